The highest BCUT2D eigenvalue weighted by Gasteiger charge is 2.35. The summed E-state index contributed by atoms with van der Waals surface area (Å²) in [6, 6.07) is 10.5. The second kappa shape index (κ2) is 10.5. The molecule has 7 nitrogen and oxygen atoms in total. The maximum atomic E-state index is 14.7. The molecule has 3 aromatic rings. The molecule has 0 saturated carbocycles. The molecule has 2 aromatic carbocycles. The number of piperazine rings is 1. The molecule has 0 spiro atoms. The van der Waals surface area contributed by atoms with Crippen molar-refractivity contribution in [1.29, 1.82) is 0 Å². The minimum absolute atomic E-state index is 0.00687. The van der Waals surface area contributed by atoms with E-state index in [0.717, 1.165) is 27.3 Å². The predicted octanol–water partition coefficient (Wildman–Crippen LogP) is 3.23. The molecule has 4 rings (SSSR count). The van der Waals surface area contributed by atoms with Crippen LogP contribution in [0.2, 0.25) is 0 Å². The highest BCUT2D eigenvalue weighted by molar-refractivity contribution is 5.50. The van der Waals surface area contributed by atoms with Crippen LogP contribution in [0.3, 0.4) is 0 Å². The molecule has 0 aliphatic carbocycles. The van der Waals surface area contributed by atoms with Crippen LogP contribution in [0.1, 0.15) is 28.4 Å². The van der Waals surface area contributed by atoms with Gasteiger partial charge in [-0.2, -0.15) is 13.2 Å². The Balaban J connectivity index is 1.88. The Kier molecular flexibility index (Phi) is 7.51. The van der Waals surface area contributed by atoms with Crippen LogP contribution in [0.4, 0.5) is 27.7 Å². The van der Waals surface area contributed by atoms with E-state index in [4.69, 9.17) is 5.73 Å². The molecule has 1 aromatic heterocycles. The van der Waals surface area contributed by atoms with Gasteiger partial charge >= 0.3 is 11.9 Å². The van der Waals surface area contributed by atoms with E-state index in [2.05, 4.69) is 0 Å². The number of aromatic nitrogens is 2. The Hall–Kier alpha value is -3.51. The molecule has 1 saturated heterocycles. The first-order chi connectivity index (χ1) is 17.5. The third-order valence-corrected chi connectivity index (χ3v) is 6.55. The van der Waals surface area contributed by atoms with Gasteiger partial charge in [0.25, 0.3) is 5.56 Å². The first kappa shape index (κ1) is 26.6. The Morgan fingerprint density at radius 3 is 2.22 bits per heavy atom. The van der Waals surface area contributed by atoms with Gasteiger partial charge in [-0.05, 0) is 24.6 Å². The molecule has 0 unspecified atom stereocenters. The van der Waals surface area contributed by atoms with E-state index in [1.807, 2.05) is 0 Å². The van der Waals surface area contributed by atoms with Crippen molar-refractivity contribution < 1.29 is 22.0 Å². The Morgan fingerprint density at radius 2 is 1.59 bits per heavy atom. The lowest BCUT2D eigenvalue weighted by atomic mass is 10.1. The number of hydrogen-bond donors (Lipinski definition) is 1. The second-order valence-electron chi connectivity index (χ2n) is 8.90. The van der Waals surface area contributed by atoms with Gasteiger partial charge in [-0.3, -0.25) is 13.9 Å². The Labute approximate surface area is 209 Å². The van der Waals surface area contributed by atoms with E-state index in [1.165, 1.54) is 6.92 Å². The summed E-state index contributed by atoms with van der Waals surface area (Å²) in [5, 5.41) is 0.584. The average Bonchev–Trinajstić information content (AvgIpc) is 2.86. The number of halogens is 5. The number of benzene rings is 2. The lowest BCUT2D eigenvalue weighted by Gasteiger charge is -2.33. The van der Waals surface area contributed by atoms with Crippen molar-refractivity contribution in [1.82, 2.24) is 14.3 Å². The fraction of sp³-hybridized carbons (Fsp3) is 0.360. The fourth-order valence-corrected chi connectivity index (χ4v) is 4.55. The van der Waals surface area contributed by atoms with Crippen LogP contribution in [0, 0.1) is 12.7 Å². The number of nitrogens with two attached hydrogens (primary N) is 1. The fourth-order valence-electron chi connectivity index (χ4n) is 4.55. The minimum atomic E-state index is -4.86. The van der Waals surface area contributed by atoms with Gasteiger partial charge in [-0.25, -0.2) is 9.18 Å². The molecule has 1 aliphatic heterocycles. The van der Waals surface area contributed by atoms with Crippen LogP contribution in [0.15, 0.2) is 58.1 Å². The third-order valence-electron chi connectivity index (χ3n) is 6.55. The van der Waals surface area contributed by atoms with Gasteiger partial charge in [0.1, 0.15) is 11.5 Å². The van der Waals surface area contributed by atoms with Crippen LogP contribution in [-0.4, -0.2) is 40.4 Å². The lowest BCUT2D eigenvalue weighted by Crippen LogP contribution is -2.50. The van der Waals surface area contributed by atoms with Crippen molar-refractivity contribution in [3.63, 3.8) is 0 Å². The van der Waals surface area contributed by atoms with E-state index in [1.54, 1.807) is 35.2 Å². The van der Waals surface area contributed by atoms with Crippen molar-refractivity contribution in [3.05, 3.63) is 97.6 Å². The predicted molar refractivity (Wildman–Crippen MR) is 128 cm³/mol. The number of anilines is 1. The zero-order chi connectivity index (χ0) is 26.9. The van der Waals surface area contributed by atoms with Gasteiger partial charge in [-0.1, -0.05) is 36.4 Å². The molecule has 198 valence electrons. The molecule has 1 aliphatic rings. The molecule has 0 amide bonds. The lowest BCUT2D eigenvalue weighted by molar-refractivity contribution is -0.138. The van der Waals surface area contributed by atoms with Crippen LogP contribution in [0.5, 0.6) is 0 Å². The molecular weight excluding hydrogens is 497 g/mol. The van der Waals surface area contributed by atoms with Gasteiger partial charge in [-0.15, -0.1) is 9.60 Å². The summed E-state index contributed by atoms with van der Waals surface area (Å²) in [6.07, 6.45) is -4.86. The smallest absolute Gasteiger partial charge is 0.363 e. The molecule has 12 heteroatoms. The maximum absolute atomic E-state index is 14.7. The largest absolute Gasteiger partial charge is 0.416 e. The van der Waals surface area contributed by atoms with E-state index in [0.29, 0.717) is 10.7 Å². The van der Waals surface area contributed by atoms with Crippen molar-refractivity contribution in [2.75, 3.05) is 31.1 Å². The summed E-state index contributed by atoms with van der Waals surface area (Å²) in [6.45, 7) is 0.603. The van der Waals surface area contributed by atoms with Crippen LogP contribution >= 0.6 is 0 Å². The topological polar surface area (TPSA) is 76.5 Å². The zero-order valence-electron chi connectivity index (χ0n) is 20.0. The molecule has 0 radical (unpaired) electrons. The molecule has 2 heterocycles. The molecule has 1 atom stereocenters. The van der Waals surface area contributed by atoms with Crippen LogP contribution < -0.4 is 21.9 Å². The number of hydrogen-bond acceptors (Lipinski definition) is 5. The Bertz CT molecular complexity index is 1380. The Morgan fingerprint density at radius 1 is 0.946 bits per heavy atom. The number of rotatable bonds is 6. The molecule has 37 heavy (non-hydrogen) atoms. The normalized spacial score (nSPS) is 15.7. The van der Waals surface area contributed by atoms with E-state index >= 15 is 0 Å². The number of nitrogens with zero attached hydrogens (tertiary/aromatic N) is 4. The summed E-state index contributed by atoms with van der Waals surface area (Å²) >= 11 is 0. The average molecular weight is 524 g/mol. The SMILES string of the molecule is Cc1c(N2CCN(F)CC2)c(=O)n(C[C@H](N)c2ccccc2)c(=O)n1Cc1c(F)cccc1C(F)(F)F. The number of alkyl halides is 3. The molecule has 2 N–H and O–H groups in total. The van der Waals surface area contributed by atoms with Gasteiger partial charge < -0.3 is 10.6 Å². The first-order valence-electron chi connectivity index (χ1n) is 11.6. The highest BCUT2D eigenvalue weighted by Crippen LogP contribution is 2.33. The summed E-state index contributed by atoms with van der Waals surface area (Å²) in [5.74, 6) is -1.13. The summed E-state index contributed by atoms with van der Waals surface area (Å²) in [5.41, 5.74) is 3.46. The summed E-state index contributed by atoms with van der Waals surface area (Å²) < 4.78 is 71.1. The van der Waals surface area contributed by atoms with Crippen molar-refractivity contribution in [2.45, 2.75) is 32.2 Å². The van der Waals surface area contributed by atoms with Gasteiger partial charge in [0.2, 0.25) is 0 Å². The first-order valence-corrected chi connectivity index (χ1v) is 11.6. The van der Waals surface area contributed by atoms with Gasteiger partial charge in [0.15, 0.2) is 0 Å². The van der Waals surface area contributed by atoms with Crippen LogP contribution in [-0.2, 0) is 19.3 Å². The van der Waals surface area contributed by atoms with Crippen molar-refractivity contribution in [3.8, 4) is 0 Å². The maximum Gasteiger partial charge on any atom is 0.416 e. The summed E-state index contributed by atoms with van der Waals surface area (Å²) in [4.78, 5) is 28.7. The van der Waals surface area contributed by atoms with Gasteiger partial charge in [0.05, 0.1) is 18.7 Å². The van der Waals surface area contributed by atoms with Gasteiger partial charge in [0, 0.05) is 43.5 Å². The second-order valence-corrected chi connectivity index (χ2v) is 8.90. The molecular formula is C25H26F5N5O2. The highest BCUT2D eigenvalue weighted by atomic mass is 19.4. The van der Waals surface area contributed by atoms with Crippen molar-refractivity contribution in [2.24, 2.45) is 5.73 Å². The quantitative estimate of drug-likeness (QED) is 0.397. The molecule has 0 bridgehead atoms. The monoisotopic (exact) mass is 523 g/mol. The van der Waals surface area contributed by atoms with Crippen LogP contribution in [0.25, 0.3) is 0 Å². The minimum Gasteiger partial charge on any atom is -0.363 e. The third kappa shape index (κ3) is 5.44. The van der Waals surface area contributed by atoms with E-state index in [-0.39, 0.29) is 44.1 Å². The summed E-state index contributed by atoms with van der Waals surface area (Å²) in [7, 11) is 0. The van der Waals surface area contributed by atoms with E-state index in [9.17, 15) is 31.6 Å². The standard InChI is InChI=1S/C25H26F5N5O2/c1-16-22(32-10-12-33(30)13-11-32)23(36)35(15-21(31)17-6-3-2-4-7-17)24(37)34(16)14-18-19(25(27,28)29)8-5-9-20(18)26/h2-9,21H,10-15,31H2,1H3/t21-/m0/s1. The van der Waals surface area contributed by atoms with E-state index < -0.39 is 47.0 Å². The zero-order valence-corrected chi connectivity index (χ0v) is 20.0. The van der Waals surface area contributed by atoms with Crippen molar-refractivity contribution >= 4 is 5.69 Å². The molecule has 1 fully saturated rings.